The van der Waals surface area contributed by atoms with E-state index in [1.165, 1.54) is 38.6 Å². The lowest BCUT2D eigenvalue weighted by atomic mass is 10.2. The second-order valence-corrected chi connectivity index (χ2v) is 5.49. The third-order valence-corrected chi connectivity index (χ3v) is 3.84. The van der Waals surface area contributed by atoms with E-state index in [1.54, 1.807) is 19.1 Å². The van der Waals surface area contributed by atoms with E-state index >= 15 is 0 Å². The molecule has 26 heavy (non-hydrogen) atoms. The molecular formula is C18H17N3O5. The number of hydrogen-bond acceptors (Lipinski definition) is 7. The van der Waals surface area contributed by atoms with Gasteiger partial charge in [0.15, 0.2) is 11.5 Å². The summed E-state index contributed by atoms with van der Waals surface area (Å²) in [4.78, 5) is 17.2. The highest BCUT2D eigenvalue weighted by atomic mass is 16.5. The minimum absolute atomic E-state index is 0.0681. The zero-order chi connectivity index (χ0) is 18.8. The van der Waals surface area contributed by atoms with Crippen molar-refractivity contribution in [2.75, 3.05) is 14.2 Å². The van der Waals surface area contributed by atoms with Crippen molar-refractivity contribution in [1.82, 2.24) is 9.66 Å². The SMILES string of the molecule is COc1cc2nc(C)n(N=Cc3ccc(O)cc3O)c(=O)c2cc1OC. The Kier molecular flexibility index (Phi) is 4.49. The van der Waals surface area contributed by atoms with Crippen LogP contribution in [-0.2, 0) is 0 Å². The van der Waals surface area contributed by atoms with E-state index in [0.29, 0.717) is 33.8 Å². The number of methoxy groups -OCH3 is 2. The minimum Gasteiger partial charge on any atom is -0.508 e. The summed E-state index contributed by atoms with van der Waals surface area (Å²) in [6, 6.07) is 7.26. The predicted molar refractivity (Wildman–Crippen MR) is 96.6 cm³/mol. The number of phenolic OH excluding ortho intramolecular Hbond substituents is 2. The van der Waals surface area contributed by atoms with Gasteiger partial charge in [0.2, 0.25) is 0 Å². The minimum atomic E-state index is -0.386. The van der Waals surface area contributed by atoms with Gasteiger partial charge in [0, 0.05) is 17.7 Å². The zero-order valence-corrected chi connectivity index (χ0v) is 14.4. The van der Waals surface area contributed by atoms with Crippen molar-refractivity contribution < 1.29 is 19.7 Å². The Hall–Kier alpha value is -3.55. The summed E-state index contributed by atoms with van der Waals surface area (Å²) in [6.45, 7) is 1.64. The Bertz CT molecular complexity index is 1070. The van der Waals surface area contributed by atoms with Gasteiger partial charge < -0.3 is 19.7 Å². The van der Waals surface area contributed by atoms with Gasteiger partial charge in [-0.25, -0.2) is 4.98 Å². The van der Waals surface area contributed by atoms with Crippen molar-refractivity contribution in [2.45, 2.75) is 6.92 Å². The van der Waals surface area contributed by atoms with Gasteiger partial charge in [-0.2, -0.15) is 9.78 Å². The van der Waals surface area contributed by atoms with Crippen LogP contribution in [-0.4, -0.2) is 40.3 Å². The number of aryl methyl sites for hydroxylation is 1. The second-order valence-electron chi connectivity index (χ2n) is 5.49. The van der Waals surface area contributed by atoms with Crippen LogP contribution in [0.1, 0.15) is 11.4 Å². The number of hydrogen-bond donors (Lipinski definition) is 2. The number of phenols is 2. The van der Waals surface area contributed by atoms with Gasteiger partial charge in [0.25, 0.3) is 5.56 Å². The first-order chi connectivity index (χ1) is 12.4. The van der Waals surface area contributed by atoms with Crippen molar-refractivity contribution in [3.63, 3.8) is 0 Å². The van der Waals surface area contributed by atoms with Crippen LogP contribution >= 0.6 is 0 Å². The van der Waals surface area contributed by atoms with Crippen LogP contribution in [0, 0.1) is 6.92 Å². The normalized spacial score (nSPS) is 11.2. The van der Waals surface area contributed by atoms with Crippen LogP contribution in [0.4, 0.5) is 0 Å². The third kappa shape index (κ3) is 3.04. The van der Waals surface area contributed by atoms with Crippen molar-refractivity contribution in [3.05, 3.63) is 52.1 Å². The predicted octanol–water partition coefficient (Wildman–Crippen LogP) is 2.02. The Morgan fingerprint density at radius 1 is 1.12 bits per heavy atom. The zero-order valence-electron chi connectivity index (χ0n) is 14.4. The summed E-state index contributed by atoms with van der Waals surface area (Å²) in [5.74, 6) is 1.03. The molecule has 8 nitrogen and oxygen atoms in total. The molecular weight excluding hydrogens is 338 g/mol. The molecule has 3 rings (SSSR count). The average Bonchev–Trinajstić information content (AvgIpc) is 2.62. The summed E-state index contributed by atoms with van der Waals surface area (Å²) in [7, 11) is 2.99. The number of benzene rings is 2. The molecule has 1 heterocycles. The van der Waals surface area contributed by atoms with Gasteiger partial charge >= 0.3 is 0 Å². The maximum absolute atomic E-state index is 12.8. The summed E-state index contributed by atoms with van der Waals surface area (Å²) < 4.78 is 11.6. The molecule has 0 saturated heterocycles. The van der Waals surface area contributed by atoms with E-state index < -0.39 is 0 Å². The largest absolute Gasteiger partial charge is 0.508 e. The Morgan fingerprint density at radius 2 is 1.81 bits per heavy atom. The molecule has 134 valence electrons. The Balaban J connectivity index is 2.14. The number of aromatic hydroxyl groups is 2. The monoisotopic (exact) mass is 355 g/mol. The second kappa shape index (κ2) is 6.75. The molecule has 0 unspecified atom stereocenters. The number of ether oxygens (including phenoxy) is 2. The van der Waals surface area contributed by atoms with Gasteiger partial charge in [0.05, 0.1) is 31.3 Å². The van der Waals surface area contributed by atoms with Crippen molar-refractivity contribution in [3.8, 4) is 23.0 Å². The van der Waals surface area contributed by atoms with Gasteiger partial charge in [-0.15, -0.1) is 0 Å². The van der Waals surface area contributed by atoms with E-state index in [-0.39, 0.29) is 17.1 Å². The number of fused-ring (bicyclic) bond motifs is 1. The molecule has 0 spiro atoms. The first-order valence-electron chi connectivity index (χ1n) is 7.66. The maximum Gasteiger partial charge on any atom is 0.282 e. The van der Waals surface area contributed by atoms with Gasteiger partial charge in [-0.05, 0) is 25.1 Å². The molecule has 1 aromatic heterocycles. The van der Waals surface area contributed by atoms with Crippen LogP contribution in [0.5, 0.6) is 23.0 Å². The summed E-state index contributed by atoms with van der Waals surface area (Å²) >= 11 is 0. The molecule has 0 aliphatic heterocycles. The van der Waals surface area contributed by atoms with Crippen molar-refractivity contribution in [1.29, 1.82) is 0 Å². The lowest BCUT2D eigenvalue weighted by Gasteiger charge is -2.10. The molecule has 0 amide bonds. The van der Waals surface area contributed by atoms with Crippen LogP contribution < -0.4 is 15.0 Å². The fourth-order valence-electron chi connectivity index (χ4n) is 2.51. The third-order valence-electron chi connectivity index (χ3n) is 3.84. The van der Waals surface area contributed by atoms with Gasteiger partial charge in [-0.1, -0.05) is 0 Å². The molecule has 3 aromatic rings. The molecule has 0 aliphatic rings. The highest BCUT2D eigenvalue weighted by Crippen LogP contribution is 2.30. The van der Waals surface area contributed by atoms with E-state index in [9.17, 15) is 15.0 Å². The van der Waals surface area contributed by atoms with E-state index in [1.807, 2.05) is 0 Å². The fourth-order valence-corrected chi connectivity index (χ4v) is 2.51. The molecule has 0 fully saturated rings. The summed E-state index contributed by atoms with van der Waals surface area (Å²) in [5.41, 5.74) is 0.425. The van der Waals surface area contributed by atoms with Gasteiger partial charge in [0.1, 0.15) is 17.3 Å². The summed E-state index contributed by atoms with van der Waals surface area (Å²) in [5, 5.41) is 23.6. The topological polar surface area (TPSA) is 106 Å². The van der Waals surface area contributed by atoms with Crippen LogP contribution in [0.25, 0.3) is 10.9 Å². The Morgan fingerprint density at radius 3 is 2.46 bits per heavy atom. The number of rotatable bonds is 4. The lowest BCUT2D eigenvalue weighted by molar-refractivity contribution is 0.355. The molecule has 0 radical (unpaired) electrons. The molecule has 0 saturated carbocycles. The molecule has 2 N–H and O–H groups in total. The first kappa shape index (κ1) is 17.3. The van der Waals surface area contributed by atoms with E-state index in [2.05, 4.69) is 10.1 Å². The molecule has 0 bridgehead atoms. The highest BCUT2D eigenvalue weighted by Gasteiger charge is 2.13. The van der Waals surface area contributed by atoms with Crippen LogP contribution in [0.3, 0.4) is 0 Å². The van der Waals surface area contributed by atoms with Crippen LogP contribution in [0.2, 0.25) is 0 Å². The summed E-state index contributed by atoms with van der Waals surface area (Å²) in [6.07, 6.45) is 1.32. The lowest BCUT2D eigenvalue weighted by Crippen LogP contribution is -2.20. The molecule has 8 heteroatoms. The quantitative estimate of drug-likeness (QED) is 0.694. The van der Waals surface area contributed by atoms with Crippen LogP contribution in [0.15, 0.2) is 40.2 Å². The molecule has 2 aromatic carbocycles. The standard InChI is InChI=1S/C18H17N3O5/c1-10-20-14-8-17(26-3)16(25-2)7-13(14)18(24)21(10)19-9-11-4-5-12(22)6-15(11)23/h4-9,22-23H,1-3H3. The van der Waals surface area contributed by atoms with Crippen molar-refractivity contribution >= 4 is 17.1 Å². The first-order valence-corrected chi connectivity index (χ1v) is 7.66. The highest BCUT2D eigenvalue weighted by molar-refractivity contribution is 5.84. The van der Waals surface area contributed by atoms with Crippen molar-refractivity contribution in [2.24, 2.45) is 5.10 Å². The average molecular weight is 355 g/mol. The van der Waals surface area contributed by atoms with E-state index in [0.717, 1.165) is 4.68 Å². The van der Waals surface area contributed by atoms with E-state index in [4.69, 9.17) is 9.47 Å². The fraction of sp³-hybridized carbons (Fsp3) is 0.167. The number of nitrogens with zero attached hydrogens (tertiary/aromatic N) is 3. The molecule has 0 atom stereocenters. The van der Waals surface area contributed by atoms with Gasteiger partial charge in [-0.3, -0.25) is 4.79 Å². The molecule has 0 aliphatic carbocycles. The Labute approximate surface area is 148 Å². The maximum atomic E-state index is 12.8. The smallest absolute Gasteiger partial charge is 0.282 e. The number of aromatic nitrogens is 2.